The van der Waals surface area contributed by atoms with Crippen molar-refractivity contribution in [3.05, 3.63) is 35.9 Å². The molecule has 3 rings (SSSR count). The molecule has 1 aromatic carbocycles. The lowest BCUT2D eigenvalue weighted by molar-refractivity contribution is -0.125. The summed E-state index contributed by atoms with van der Waals surface area (Å²) in [7, 11) is 0. The highest BCUT2D eigenvalue weighted by Crippen LogP contribution is 2.63. The Hall–Kier alpha value is -0.730. The summed E-state index contributed by atoms with van der Waals surface area (Å²) in [4.78, 5) is 12.2. The first-order valence-electron chi connectivity index (χ1n) is 6.61. The van der Waals surface area contributed by atoms with Gasteiger partial charge in [0.25, 0.3) is 0 Å². The van der Waals surface area contributed by atoms with Crippen LogP contribution >= 0.6 is 23.2 Å². The first-order valence-corrected chi connectivity index (χ1v) is 7.37. The van der Waals surface area contributed by atoms with E-state index in [0.29, 0.717) is 13.0 Å². The summed E-state index contributed by atoms with van der Waals surface area (Å²) < 4.78 is -0.888. The van der Waals surface area contributed by atoms with E-state index >= 15 is 0 Å². The van der Waals surface area contributed by atoms with Gasteiger partial charge in [-0.2, -0.15) is 0 Å². The lowest BCUT2D eigenvalue weighted by Gasteiger charge is -2.19. The molecule has 0 bridgehead atoms. The van der Waals surface area contributed by atoms with Crippen molar-refractivity contribution in [3.8, 4) is 0 Å². The second-order valence-electron chi connectivity index (χ2n) is 6.04. The number of nitrogens with one attached hydrogen (secondary N) is 1. The van der Waals surface area contributed by atoms with Gasteiger partial charge in [-0.1, -0.05) is 30.3 Å². The molecule has 0 saturated heterocycles. The highest BCUT2D eigenvalue weighted by molar-refractivity contribution is 6.53. The molecule has 1 atom stereocenters. The first-order chi connectivity index (χ1) is 8.90. The Morgan fingerprint density at radius 3 is 2.32 bits per heavy atom. The van der Waals surface area contributed by atoms with E-state index in [9.17, 15) is 4.79 Å². The zero-order chi connectivity index (χ0) is 13.7. The van der Waals surface area contributed by atoms with Crippen molar-refractivity contribution in [2.75, 3.05) is 6.54 Å². The van der Waals surface area contributed by atoms with Crippen LogP contribution in [0.4, 0.5) is 0 Å². The Balaban J connectivity index is 1.63. The standard InChI is InChI=1S/C15H17Cl2NO/c1-13(9-15(13,16)17)12(19)18-10-14(7-8-14)11-5-3-2-4-6-11/h2-6H,7-10H2,1H3,(H,18,19)/t13-/m0/s1. The van der Waals surface area contributed by atoms with E-state index in [1.54, 1.807) is 0 Å². The van der Waals surface area contributed by atoms with Gasteiger partial charge in [-0.25, -0.2) is 0 Å². The number of benzene rings is 1. The van der Waals surface area contributed by atoms with E-state index in [4.69, 9.17) is 23.2 Å². The van der Waals surface area contributed by atoms with Gasteiger partial charge in [0.2, 0.25) is 5.91 Å². The van der Waals surface area contributed by atoms with Gasteiger partial charge >= 0.3 is 0 Å². The van der Waals surface area contributed by atoms with Crippen LogP contribution in [0.1, 0.15) is 31.7 Å². The predicted octanol–water partition coefficient (Wildman–Crippen LogP) is 3.42. The van der Waals surface area contributed by atoms with Gasteiger partial charge in [0.05, 0.1) is 5.41 Å². The monoisotopic (exact) mass is 297 g/mol. The minimum Gasteiger partial charge on any atom is -0.355 e. The molecule has 1 aromatic rings. The lowest BCUT2D eigenvalue weighted by Crippen LogP contribution is -2.38. The maximum atomic E-state index is 12.2. The van der Waals surface area contributed by atoms with Crippen molar-refractivity contribution in [2.45, 2.75) is 35.9 Å². The Morgan fingerprint density at radius 1 is 1.26 bits per heavy atom. The van der Waals surface area contributed by atoms with Crippen LogP contribution < -0.4 is 5.32 Å². The van der Waals surface area contributed by atoms with Crippen LogP contribution in [-0.4, -0.2) is 16.8 Å². The maximum absolute atomic E-state index is 12.2. The minimum atomic E-state index is -0.888. The Bertz CT molecular complexity index is 510. The highest BCUT2D eigenvalue weighted by Gasteiger charge is 2.68. The molecule has 2 aliphatic carbocycles. The Labute approximate surface area is 123 Å². The molecule has 0 spiro atoms. The fourth-order valence-corrected chi connectivity index (χ4v) is 3.31. The third kappa shape index (κ3) is 2.15. The van der Waals surface area contributed by atoms with E-state index in [1.807, 2.05) is 25.1 Å². The topological polar surface area (TPSA) is 29.1 Å². The number of amides is 1. The quantitative estimate of drug-likeness (QED) is 0.848. The average molecular weight is 298 g/mol. The largest absolute Gasteiger partial charge is 0.355 e. The molecular formula is C15H17Cl2NO. The minimum absolute atomic E-state index is 0.0280. The summed E-state index contributed by atoms with van der Waals surface area (Å²) in [6, 6.07) is 10.4. The predicted molar refractivity (Wildman–Crippen MR) is 77.5 cm³/mol. The molecule has 2 saturated carbocycles. The molecule has 2 aliphatic rings. The van der Waals surface area contributed by atoms with Crippen LogP contribution in [0.15, 0.2) is 30.3 Å². The van der Waals surface area contributed by atoms with Crippen molar-refractivity contribution < 1.29 is 4.79 Å². The lowest BCUT2D eigenvalue weighted by atomic mass is 9.95. The fraction of sp³-hybridized carbons (Fsp3) is 0.533. The molecule has 0 unspecified atom stereocenters. The van der Waals surface area contributed by atoms with Crippen LogP contribution in [0.2, 0.25) is 0 Å². The second kappa shape index (κ2) is 4.13. The van der Waals surface area contributed by atoms with Crippen LogP contribution in [0.25, 0.3) is 0 Å². The van der Waals surface area contributed by atoms with Crippen LogP contribution in [0.3, 0.4) is 0 Å². The SMILES string of the molecule is C[C@@]1(C(=O)NCC2(c3ccccc3)CC2)CC1(Cl)Cl. The zero-order valence-electron chi connectivity index (χ0n) is 10.9. The number of alkyl halides is 2. The number of halogens is 2. The van der Waals surface area contributed by atoms with Gasteiger partial charge in [0.15, 0.2) is 0 Å². The average Bonchev–Trinajstić information content (AvgIpc) is 3.26. The summed E-state index contributed by atoms with van der Waals surface area (Å²) in [5.74, 6) is -0.0280. The fourth-order valence-electron chi connectivity index (χ4n) is 2.60. The third-order valence-electron chi connectivity index (χ3n) is 4.59. The van der Waals surface area contributed by atoms with Crippen LogP contribution in [-0.2, 0) is 10.2 Å². The molecule has 19 heavy (non-hydrogen) atoms. The van der Waals surface area contributed by atoms with E-state index in [2.05, 4.69) is 17.4 Å². The number of carbonyl (C=O) groups excluding carboxylic acids is 1. The molecular weight excluding hydrogens is 281 g/mol. The Kier molecular flexibility index (Phi) is 2.88. The smallest absolute Gasteiger partial charge is 0.229 e. The highest BCUT2D eigenvalue weighted by atomic mass is 35.5. The maximum Gasteiger partial charge on any atom is 0.229 e. The van der Waals surface area contributed by atoms with Gasteiger partial charge in [-0.05, 0) is 31.7 Å². The van der Waals surface area contributed by atoms with E-state index < -0.39 is 9.75 Å². The number of rotatable bonds is 4. The molecule has 0 aromatic heterocycles. The van der Waals surface area contributed by atoms with Gasteiger partial charge in [-0.3, -0.25) is 4.79 Å². The molecule has 2 fully saturated rings. The van der Waals surface area contributed by atoms with E-state index in [-0.39, 0.29) is 11.3 Å². The molecule has 0 heterocycles. The van der Waals surface area contributed by atoms with Crippen molar-refractivity contribution in [3.63, 3.8) is 0 Å². The molecule has 1 amide bonds. The summed E-state index contributed by atoms with van der Waals surface area (Å²) >= 11 is 12.1. The number of hydrogen-bond donors (Lipinski definition) is 1. The number of carbonyl (C=O) groups is 1. The van der Waals surface area contributed by atoms with Crippen molar-refractivity contribution in [2.24, 2.45) is 5.41 Å². The number of hydrogen-bond acceptors (Lipinski definition) is 1. The molecule has 2 nitrogen and oxygen atoms in total. The summed E-state index contributed by atoms with van der Waals surface area (Å²) in [5, 5.41) is 3.03. The van der Waals surface area contributed by atoms with Crippen LogP contribution in [0, 0.1) is 5.41 Å². The van der Waals surface area contributed by atoms with Gasteiger partial charge in [0, 0.05) is 12.0 Å². The molecule has 4 heteroatoms. The van der Waals surface area contributed by atoms with Gasteiger partial charge in [0.1, 0.15) is 4.33 Å². The van der Waals surface area contributed by atoms with Crippen molar-refractivity contribution in [1.82, 2.24) is 5.32 Å². The molecule has 0 radical (unpaired) electrons. The molecule has 102 valence electrons. The second-order valence-corrected chi connectivity index (χ2v) is 7.53. The van der Waals surface area contributed by atoms with E-state index in [1.165, 1.54) is 5.56 Å². The normalized spacial score (nSPS) is 29.6. The first kappa shape index (κ1) is 13.3. The molecule has 1 N–H and O–H groups in total. The van der Waals surface area contributed by atoms with Crippen molar-refractivity contribution in [1.29, 1.82) is 0 Å². The summed E-state index contributed by atoms with van der Waals surface area (Å²) in [5.41, 5.74) is 0.811. The molecule has 0 aliphatic heterocycles. The van der Waals surface area contributed by atoms with Gasteiger partial charge < -0.3 is 5.32 Å². The third-order valence-corrected chi connectivity index (χ3v) is 5.69. The van der Waals surface area contributed by atoms with Gasteiger partial charge in [-0.15, -0.1) is 23.2 Å². The van der Waals surface area contributed by atoms with Crippen molar-refractivity contribution >= 4 is 29.1 Å². The van der Waals surface area contributed by atoms with E-state index in [0.717, 1.165) is 12.8 Å². The zero-order valence-corrected chi connectivity index (χ0v) is 12.4. The Morgan fingerprint density at radius 2 is 1.84 bits per heavy atom. The summed E-state index contributed by atoms with van der Waals surface area (Å²) in [6.07, 6.45) is 2.79. The summed E-state index contributed by atoms with van der Waals surface area (Å²) in [6.45, 7) is 2.50. The van der Waals surface area contributed by atoms with Crippen LogP contribution in [0.5, 0.6) is 0 Å².